The Kier molecular flexibility index (Phi) is 4.48. The molecule has 0 saturated carbocycles. The number of amides is 1. The van der Waals surface area contributed by atoms with Crippen molar-refractivity contribution in [3.05, 3.63) is 52.6 Å². The van der Waals surface area contributed by atoms with Crippen LogP contribution >= 0.6 is 11.6 Å². The van der Waals surface area contributed by atoms with Gasteiger partial charge in [-0.3, -0.25) is 4.79 Å². The van der Waals surface area contributed by atoms with Gasteiger partial charge in [-0.2, -0.15) is 0 Å². The Morgan fingerprint density at radius 2 is 1.83 bits per heavy atom. The Morgan fingerprint density at radius 1 is 1.09 bits per heavy atom. The van der Waals surface area contributed by atoms with Gasteiger partial charge in [-0.05, 0) is 38.1 Å². The van der Waals surface area contributed by atoms with Gasteiger partial charge in [0.15, 0.2) is 0 Å². The molecular weight excluding hydrogens is 312 g/mol. The molecule has 1 fully saturated rings. The van der Waals surface area contributed by atoms with Gasteiger partial charge in [-0.1, -0.05) is 17.7 Å². The highest BCUT2D eigenvalue weighted by atomic mass is 35.5. The van der Waals surface area contributed by atoms with Crippen LogP contribution in [0.1, 0.15) is 22.0 Å². The van der Waals surface area contributed by atoms with E-state index in [1.165, 1.54) is 0 Å². The number of hydrogen-bond acceptors (Lipinski definition) is 4. The normalized spacial score (nSPS) is 14.9. The molecule has 120 valence electrons. The van der Waals surface area contributed by atoms with Crippen molar-refractivity contribution in [2.75, 3.05) is 31.1 Å². The van der Waals surface area contributed by atoms with Crippen LogP contribution in [0.15, 0.2) is 30.3 Å². The number of anilines is 1. The van der Waals surface area contributed by atoms with E-state index in [4.69, 9.17) is 11.6 Å². The molecule has 2 aromatic rings. The van der Waals surface area contributed by atoms with Crippen molar-refractivity contribution in [1.29, 1.82) is 0 Å². The zero-order valence-electron chi connectivity index (χ0n) is 13.3. The fourth-order valence-electron chi connectivity index (χ4n) is 2.83. The van der Waals surface area contributed by atoms with Crippen LogP contribution in [-0.4, -0.2) is 47.0 Å². The highest BCUT2D eigenvalue weighted by Crippen LogP contribution is 2.21. The van der Waals surface area contributed by atoms with Crippen LogP contribution in [0.5, 0.6) is 0 Å². The Labute approximate surface area is 140 Å². The zero-order valence-corrected chi connectivity index (χ0v) is 14.0. The maximum absolute atomic E-state index is 12.6. The maximum Gasteiger partial charge on any atom is 0.272 e. The number of aryl methyl sites for hydroxylation is 2. The van der Waals surface area contributed by atoms with Crippen molar-refractivity contribution >= 4 is 23.2 Å². The monoisotopic (exact) mass is 330 g/mol. The van der Waals surface area contributed by atoms with Crippen molar-refractivity contribution in [1.82, 2.24) is 14.9 Å². The summed E-state index contributed by atoms with van der Waals surface area (Å²) in [6.07, 6.45) is 0. The first-order chi connectivity index (χ1) is 11.0. The predicted molar refractivity (Wildman–Crippen MR) is 91.1 cm³/mol. The van der Waals surface area contributed by atoms with Gasteiger partial charge in [0, 0.05) is 42.6 Å². The van der Waals surface area contributed by atoms with E-state index in [9.17, 15) is 4.79 Å². The summed E-state index contributed by atoms with van der Waals surface area (Å²) in [5, 5.41) is 0.730. The third kappa shape index (κ3) is 3.62. The summed E-state index contributed by atoms with van der Waals surface area (Å²) in [7, 11) is 0. The summed E-state index contributed by atoms with van der Waals surface area (Å²) in [5.41, 5.74) is 2.39. The van der Waals surface area contributed by atoms with Crippen molar-refractivity contribution in [2.45, 2.75) is 13.8 Å². The molecule has 0 bridgehead atoms. The minimum Gasteiger partial charge on any atom is -0.368 e. The summed E-state index contributed by atoms with van der Waals surface area (Å²) in [6.45, 7) is 6.61. The third-order valence-corrected chi connectivity index (χ3v) is 4.16. The second-order valence-electron chi connectivity index (χ2n) is 5.70. The average Bonchev–Trinajstić information content (AvgIpc) is 2.53. The van der Waals surface area contributed by atoms with Crippen molar-refractivity contribution < 1.29 is 4.79 Å². The zero-order chi connectivity index (χ0) is 16.4. The van der Waals surface area contributed by atoms with Crippen molar-refractivity contribution in [3.63, 3.8) is 0 Å². The van der Waals surface area contributed by atoms with Crippen LogP contribution in [0.2, 0.25) is 5.02 Å². The molecular formula is C17H19ClN4O. The molecule has 0 spiro atoms. The predicted octanol–water partition coefficient (Wildman–Crippen LogP) is 2.71. The molecule has 1 aromatic carbocycles. The number of carbonyl (C=O) groups excluding carboxylic acids is 1. The summed E-state index contributed by atoms with van der Waals surface area (Å²) in [5.74, 6) is 0.607. The smallest absolute Gasteiger partial charge is 0.272 e. The lowest BCUT2D eigenvalue weighted by molar-refractivity contribution is 0.0740. The number of halogens is 1. The fourth-order valence-corrected chi connectivity index (χ4v) is 3.01. The highest BCUT2D eigenvalue weighted by Gasteiger charge is 2.23. The Morgan fingerprint density at radius 3 is 2.48 bits per heavy atom. The van der Waals surface area contributed by atoms with E-state index in [0.29, 0.717) is 24.6 Å². The summed E-state index contributed by atoms with van der Waals surface area (Å²) >= 11 is 6.05. The van der Waals surface area contributed by atoms with E-state index in [0.717, 1.165) is 29.5 Å². The molecule has 1 aliphatic rings. The molecule has 1 saturated heterocycles. The summed E-state index contributed by atoms with van der Waals surface area (Å²) in [6, 6.07) is 9.56. The van der Waals surface area contributed by atoms with Gasteiger partial charge in [0.25, 0.3) is 5.91 Å². The molecule has 0 N–H and O–H groups in total. The Bertz CT molecular complexity index is 706. The van der Waals surface area contributed by atoms with Crippen LogP contribution in [0.4, 0.5) is 5.69 Å². The van der Waals surface area contributed by atoms with Gasteiger partial charge in [0.2, 0.25) is 0 Å². The molecule has 1 aromatic heterocycles. The number of carbonyl (C=O) groups is 1. The molecule has 1 aliphatic heterocycles. The highest BCUT2D eigenvalue weighted by molar-refractivity contribution is 6.30. The average molecular weight is 331 g/mol. The van der Waals surface area contributed by atoms with Crippen molar-refractivity contribution in [3.8, 4) is 0 Å². The quantitative estimate of drug-likeness (QED) is 0.849. The van der Waals surface area contributed by atoms with Gasteiger partial charge in [0.05, 0.1) is 0 Å². The maximum atomic E-state index is 12.6. The van der Waals surface area contributed by atoms with E-state index in [1.54, 1.807) is 13.0 Å². The second kappa shape index (κ2) is 6.54. The fraction of sp³-hybridized carbons (Fsp3) is 0.353. The van der Waals surface area contributed by atoms with Crippen LogP contribution in [-0.2, 0) is 0 Å². The van der Waals surface area contributed by atoms with Crippen LogP contribution < -0.4 is 4.90 Å². The molecule has 5 nitrogen and oxygen atoms in total. The minimum absolute atomic E-state index is 0.0238. The molecule has 23 heavy (non-hydrogen) atoms. The van der Waals surface area contributed by atoms with Gasteiger partial charge >= 0.3 is 0 Å². The van der Waals surface area contributed by atoms with E-state index >= 15 is 0 Å². The van der Waals surface area contributed by atoms with E-state index in [-0.39, 0.29) is 5.91 Å². The number of benzene rings is 1. The Balaban J connectivity index is 1.67. The van der Waals surface area contributed by atoms with Crippen molar-refractivity contribution in [2.24, 2.45) is 0 Å². The lowest BCUT2D eigenvalue weighted by atomic mass is 10.2. The number of piperazine rings is 1. The Hall–Kier alpha value is -2.14. The van der Waals surface area contributed by atoms with E-state index in [2.05, 4.69) is 14.9 Å². The molecule has 2 heterocycles. The lowest BCUT2D eigenvalue weighted by Crippen LogP contribution is -2.49. The molecule has 3 rings (SSSR count). The molecule has 0 aliphatic carbocycles. The lowest BCUT2D eigenvalue weighted by Gasteiger charge is -2.36. The number of nitrogens with zero attached hydrogens (tertiary/aromatic N) is 4. The summed E-state index contributed by atoms with van der Waals surface area (Å²) < 4.78 is 0. The topological polar surface area (TPSA) is 49.3 Å². The minimum atomic E-state index is -0.0238. The van der Waals surface area contributed by atoms with Gasteiger partial charge in [-0.25, -0.2) is 9.97 Å². The van der Waals surface area contributed by atoms with Crippen LogP contribution in [0, 0.1) is 13.8 Å². The molecule has 1 amide bonds. The number of hydrogen-bond donors (Lipinski definition) is 0. The third-order valence-electron chi connectivity index (χ3n) is 3.93. The first-order valence-electron chi connectivity index (χ1n) is 7.65. The number of rotatable bonds is 2. The largest absolute Gasteiger partial charge is 0.368 e. The van der Waals surface area contributed by atoms with Gasteiger partial charge in [0.1, 0.15) is 11.5 Å². The summed E-state index contributed by atoms with van der Waals surface area (Å²) in [4.78, 5) is 25.2. The molecule has 6 heteroatoms. The standard InChI is InChI=1S/C17H19ClN4O/c1-12-10-16(20-13(2)19-12)17(23)22-8-6-21(7-9-22)15-5-3-4-14(18)11-15/h3-5,10-11H,6-9H2,1-2H3. The molecule has 0 radical (unpaired) electrons. The van der Waals surface area contributed by atoms with E-state index < -0.39 is 0 Å². The molecule has 0 unspecified atom stereocenters. The first kappa shape index (κ1) is 15.7. The van der Waals surface area contributed by atoms with Gasteiger partial charge < -0.3 is 9.80 Å². The van der Waals surface area contributed by atoms with Gasteiger partial charge in [-0.15, -0.1) is 0 Å². The SMILES string of the molecule is Cc1cc(C(=O)N2CCN(c3cccc(Cl)c3)CC2)nc(C)n1. The second-order valence-corrected chi connectivity index (χ2v) is 6.14. The van der Waals surface area contributed by atoms with Crippen LogP contribution in [0.25, 0.3) is 0 Å². The molecule has 0 atom stereocenters. The van der Waals surface area contributed by atoms with E-state index in [1.807, 2.05) is 36.1 Å². The first-order valence-corrected chi connectivity index (χ1v) is 8.03. The van der Waals surface area contributed by atoms with Crippen LogP contribution in [0.3, 0.4) is 0 Å². The number of aromatic nitrogens is 2.